The molecule has 0 atom stereocenters. The van der Waals surface area contributed by atoms with Crippen molar-refractivity contribution in [1.29, 1.82) is 0 Å². The summed E-state index contributed by atoms with van der Waals surface area (Å²) in [5, 5.41) is 3.27. The smallest absolute Gasteiger partial charge is 0.00468 e. The third-order valence-corrected chi connectivity index (χ3v) is 5.26. The molecule has 1 nitrogen and oxygen atoms in total. The first kappa shape index (κ1) is 17.2. The summed E-state index contributed by atoms with van der Waals surface area (Å²) in [6.45, 7) is 17.3. The Morgan fingerprint density at radius 2 is 1.20 bits per heavy atom. The van der Waals surface area contributed by atoms with Crippen LogP contribution in [-0.2, 0) is 6.42 Å². The van der Waals surface area contributed by atoms with Gasteiger partial charge < -0.3 is 5.32 Å². The number of nitrogens with one attached hydrogen (secondary N) is 1. The summed E-state index contributed by atoms with van der Waals surface area (Å²) in [4.78, 5) is 0. The Balaban J connectivity index is 2.94. The molecule has 0 bridgehead atoms. The lowest BCUT2D eigenvalue weighted by molar-refractivity contribution is 0.305. The zero-order chi connectivity index (χ0) is 15.5. The third-order valence-electron chi connectivity index (χ3n) is 5.26. The molecular weight excluding hydrogens is 242 g/mol. The average Bonchev–Trinajstić information content (AvgIpc) is 2.40. The fraction of sp³-hybridized carbons (Fsp3) is 0.684. The van der Waals surface area contributed by atoms with Crippen molar-refractivity contribution in [3.8, 4) is 0 Å². The summed E-state index contributed by atoms with van der Waals surface area (Å²) < 4.78 is 0. The first-order valence-electron chi connectivity index (χ1n) is 7.91. The van der Waals surface area contributed by atoms with Crippen LogP contribution in [0.1, 0.15) is 60.1 Å². The van der Waals surface area contributed by atoms with Crippen molar-refractivity contribution in [2.75, 3.05) is 13.6 Å². The molecule has 1 N–H and O–H groups in total. The maximum Gasteiger partial charge on any atom is -0.00468 e. The molecule has 0 amide bonds. The largest absolute Gasteiger partial charge is 0.320 e. The van der Waals surface area contributed by atoms with Crippen LogP contribution in [-0.4, -0.2) is 13.6 Å². The van der Waals surface area contributed by atoms with Gasteiger partial charge in [-0.2, -0.15) is 0 Å². The normalized spacial score (nSPS) is 12.0. The number of hydrogen-bond donors (Lipinski definition) is 1. The molecule has 0 radical (unpaired) electrons. The predicted molar refractivity (Wildman–Crippen MR) is 90.8 cm³/mol. The molecule has 114 valence electrons. The Morgan fingerprint density at radius 3 is 1.65 bits per heavy atom. The summed E-state index contributed by atoms with van der Waals surface area (Å²) in [5.74, 6) is 0. The van der Waals surface area contributed by atoms with Gasteiger partial charge in [-0.25, -0.2) is 0 Å². The maximum atomic E-state index is 3.27. The Morgan fingerprint density at radius 1 is 0.750 bits per heavy atom. The van der Waals surface area contributed by atoms with Gasteiger partial charge in [0.2, 0.25) is 0 Å². The summed E-state index contributed by atoms with van der Waals surface area (Å²) in [5.41, 5.74) is 9.45. The highest BCUT2D eigenvalue weighted by atomic mass is 14.8. The fourth-order valence-corrected chi connectivity index (χ4v) is 3.00. The summed E-state index contributed by atoms with van der Waals surface area (Å²) >= 11 is 0. The van der Waals surface area contributed by atoms with Crippen LogP contribution in [0.4, 0.5) is 0 Å². The first-order chi connectivity index (χ1) is 9.21. The monoisotopic (exact) mass is 275 g/mol. The minimum absolute atomic E-state index is 0.411. The SMILES string of the molecule is CNCCC(C)(C)CCc1c(C)c(C)c(C)c(C)c1C. The molecule has 0 aliphatic rings. The number of hydrogen-bond acceptors (Lipinski definition) is 1. The molecule has 0 heterocycles. The van der Waals surface area contributed by atoms with Gasteiger partial charge in [-0.3, -0.25) is 0 Å². The van der Waals surface area contributed by atoms with E-state index in [2.05, 4.69) is 53.8 Å². The van der Waals surface area contributed by atoms with Crippen LogP contribution in [0.3, 0.4) is 0 Å². The molecule has 1 aromatic rings. The van der Waals surface area contributed by atoms with E-state index < -0.39 is 0 Å². The van der Waals surface area contributed by atoms with E-state index in [0.29, 0.717) is 5.41 Å². The van der Waals surface area contributed by atoms with Crippen molar-refractivity contribution in [2.45, 2.75) is 67.7 Å². The molecule has 0 unspecified atom stereocenters. The quantitative estimate of drug-likeness (QED) is 0.786. The van der Waals surface area contributed by atoms with Gasteiger partial charge in [0.05, 0.1) is 0 Å². The molecule has 1 rings (SSSR count). The summed E-state index contributed by atoms with van der Waals surface area (Å²) in [7, 11) is 2.04. The van der Waals surface area contributed by atoms with Crippen LogP contribution in [0.5, 0.6) is 0 Å². The van der Waals surface area contributed by atoms with E-state index in [1.807, 2.05) is 7.05 Å². The summed E-state index contributed by atoms with van der Waals surface area (Å²) in [6.07, 6.45) is 3.71. The molecule has 20 heavy (non-hydrogen) atoms. The molecule has 0 saturated heterocycles. The van der Waals surface area contributed by atoms with Crippen LogP contribution in [0.2, 0.25) is 0 Å². The van der Waals surface area contributed by atoms with E-state index in [9.17, 15) is 0 Å². The van der Waals surface area contributed by atoms with Gasteiger partial charge in [0.25, 0.3) is 0 Å². The molecule has 0 spiro atoms. The predicted octanol–water partition coefficient (Wildman–Crippen LogP) is 4.80. The molecule has 0 aliphatic carbocycles. The van der Waals surface area contributed by atoms with Crippen molar-refractivity contribution in [3.05, 3.63) is 33.4 Å². The standard InChI is InChI=1S/C19H33N/c1-13-14(2)16(4)18(17(5)15(13)3)9-10-19(6,7)11-12-20-8/h20H,9-12H2,1-8H3. The van der Waals surface area contributed by atoms with Gasteiger partial charge >= 0.3 is 0 Å². The minimum atomic E-state index is 0.411. The first-order valence-corrected chi connectivity index (χ1v) is 7.91. The average molecular weight is 275 g/mol. The molecule has 0 fully saturated rings. The second-order valence-corrected chi connectivity index (χ2v) is 7.12. The van der Waals surface area contributed by atoms with Crippen LogP contribution in [0.15, 0.2) is 0 Å². The molecular formula is C19H33N. The van der Waals surface area contributed by atoms with Crippen molar-refractivity contribution < 1.29 is 0 Å². The van der Waals surface area contributed by atoms with Gasteiger partial charge in [0.1, 0.15) is 0 Å². The van der Waals surface area contributed by atoms with Gasteiger partial charge in [-0.05, 0) is 106 Å². The van der Waals surface area contributed by atoms with Crippen LogP contribution in [0.25, 0.3) is 0 Å². The zero-order valence-electron chi connectivity index (χ0n) is 14.8. The lowest BCUT2D eigenvalue weighted by atomic mass is 9.80. The van der Waals surface area contributed by atoms with Crippen LogP contribution >= 0.6 is 0 Å². The van der Waals surface area contributed by atoms with Gasteiger partial charge in [0, 0.05) is 0 Å². The number of rotatable bonds is 6. The van der Waals surface area contributed by atoms with Crippen molar-refractivity contribution in [1.82, 2.24) is 5.32 Å². The third kappa shape index (κ3) is 3.85. The van der Waals surface area contributed by atoms with E-state index in [1.54, 1.807) is 5.56 Å². The lowest BCUT2D eigenvalue weighted by Gasteiger charge is -2.26. The van der Waals surface area contributed by atoms with Crippen LogP contribution < -0.4 is 5.32 Å². The maximum absolute atomic E-state index is 3.27. The Labute approximate surface area is 126 Å². The Kier molecular flexibility index (Phi) is 5.82. The number of benzene rings is 1. The van der Waals surface area contributed by atoms with E-state index >= 15 is 0 Å². The second kappa shape index (κ2) is 6.76. The Hall–Kier alpha value is -0.820. The van der Waals surface area contributed by atoms with Gasteiger partial charge in [-0.1, -0.05) is 13.8 Å². The highest BCUT2D eigenvalue weighted by Crippen LogP contribution is 2.31. The lowest BCUT2D eigenvalue weighted by Crippen LogP contribution is -2.20. The van der Waals surface area contributed by atoms with Crippen molar-refractivity contribution >= 4 is 0 Å². The highest BCUT2D eigenvalue weighted by molar-refractivity contribution is 5.49. The van der Waals surface area contributed by atoms with Crippen molar-refractivity contribution in [3.63, 3.8) is 0 Å². The molecule has 1 aromatic carbocycles. The zero-order valence-corrected chi connectivity index (χ0v) is 14.8. The van der Waals surface area contributed by atoms with E-state index in [-0.39, 0.29) is 0 Å². The Bertz CT molecular complexity index is 440. The molecule has 0 saturated carbocycles. The molecule has 1 heteroatoms. The van der Waals surface area contributed by atoms with Gasteiger partial charge in [0.15, 0.2) is 0 Å². The molecule has 0 aromatic heterocycles. The van der Waals surface area contributed by atoms with Crippen LogP contribution in [0, 0.1) is 40.0 Å². The highest BCUT2D eigenvalue weighted by Gasteiger charge is 2.19. The van der Waals surface area contributed by atoms with Crippen molar-refractivity contribution in [2.24, 2.45) is 5.41 Å². The minimum Gasteiger partial charge on any atom is -0.320 e. The van der Waals surface area contributed by atoms with E-state index in [1.165, 1.54) is 47.1 Å². The second-order valence-electron chi connectivity index (χ2n) is 7.12. The molecule has 0 aliphatic heterocycles. The summed E-state index contributed by atoms with van der Waals surface area (Å²) in [6, 6.07) is 0. The van der Waals surface area contributed by atoms with Gasteiger partial charge in [-0.15, -0.1) is 0 Å². The van der Waals surface area contributed by atoms with E-state index in [0.717, 1.165) is 6.54 Å². The van der Waals surface area contributed by atoms with E-state index in [4.69, 9.17) is 0 Å². The topological polar surface area (TPSA) is 12.0 Å². The fourth-order valence-electron chi connectivity index (χ4n) is 3.00.